The van der Waals surface area contributed by atoms with Crippen molar-refractivity contribution in [1.29, 1.82) is 0 Å². The van der Waals surface area contributed by atoms with Crippen LogP contribution in [0.4, 0.5) is 0 Å². The highest BCUT2D eigenvalue weighted by atomic mass is 32.2. The summed E-state index contributed by atoms with van der Waals surface area (Å²) in [6, 6.07) is 19.1. The van der Waals surface area contributed by atoms with Crippen LogP contribution >= 0.6 is 11.8 Å². The Kier molecular flexibility index (Phi) is 6.44. The molecule has 0 heterocycles. The van der Waals surface area contributed by atoms with Crippen molar-refractivity contribution in [2.75, 3.05) is 13.2 Å². The zero-order valence-corrected chi connectivity index (χ0v) is 14.6. The standard InChI is InChI=1S/C19H21NO3S/c1-3-23-18(22)19(14-20-15(2)21,16-10-6-4-7-11-16)24-17-12-8-5-9-13-17/h4-13H,3,14H2,1-2H3,(H,20,21)/t19-/m1/s1. The predicted molar refractivity (Wildman–Crippen MR) is 95.7 cm³/mol. The highest BCUT2D eigenvalue weighted by Gasteiger charge is 2.43. The summed E-state index contributed by atoms with van der Waals surface area (Å²) in [6.07, 6.45) is 0. The second-order valence-corrected chi connectivity index (χ2v) is 6.61. The van der Waals surface area contributed by atoms with Crippen LogP contribution in [-0.4, -0.2) is 25.0 Å². The SMILES string of the molecule is CCOC(=O)[C@](CNC(C)=O)(Sc1ccccc1)c1ccccc1. The van der Waals surface area contributed by atoms with Crippen molar-refractivity contribution in [2.24, 2.45) is 0 Å². The molecule has 0 aliphatic heterocycles. The van der Waals surface area contributed by atoms with Crippen molar-refractivity contribution in [2.45, 2.75) is 23.5 Å². The zero-order valence-electron chi connectivity index (χ0n) is 13.8. The highest BCUT2D eigenvalue weighted by Crippen LogP contribution is 2.42. The largest absolute Gasteiger partial charge is 0.465 e. The van der Waals surface area contributed by atoms with Gasteiger partial charge in [-0.1, -0.05) is 48.5 Å². The number of nitrogens with one attached hydrogen (secondary N) is 1. The maximum absolute atomic E-state index is 12.9. The number of hydrogen-bond donors (Lipinski definition) is 1. The van der Waals surface area contributed by atoms with Crippen LogP contribution in [0.3, 0.4) is 0 Å². The van der Waals surface area contributed by atoms with Crippen LogP contribution < -0.4 is 5.32 Å². The molecule has 0 aliphatic carbocycles. The summed E-state index contributed by atoms with van der Waals surface area (Å²) in [6.45, 7) is 3.65. The van der Waals surface area contributed by atoms with Crippen LogP contribution in [0, 0.1) is 0 Å². The van der Waals surface area contributed by atoms with E-state index < -0.39 is 4.75 Å². The normalized spacial score (nSPS) is 12.9. The lowest BCUT2D eigenvalue weighted by Gasteiger charge is -2.31. The maximum atomic E-state index is 12.9. The summed E-state index contributed by atoms with van der Waals surface area (Å²) in [7, 11) is 0. The molecule has 0 radical (unpaired) electrons. The molecule has 0 bridgehead atoms. The Bertz CT molecular complexity index is 676. The number of benzene rings is 2. The molecule has 2 aromatic carbocycles. The van der Waals surface area contributed by atoms with E-state index in [1.807, 2.05) is 60.7 Å². The predicted octanol–water partition coefficient (Wildman–Crippen LogP) is 3.37. The van der Waals surface area contributed by atoms with Crippen molar-refractivity contribution in [3.63, 3.8) is 0 Å². The van der Waals surface area contributed by atoms with Gasteiger partial charge in [0.25, 0.3) is 0 Å². The van der Waals surface area contributed by atoms with Gasteiger partial charge in [-0.25, -0.2) is 0 Å². The average molecular weight is 343 g/mol. The zero-order chi connectivity index (χ0) is 17.4. The van der Waals surface area contributed by atoms with Gasteiger partial charge < -0.3 is 10.1 Å². The second kappa shape index (κ2) is 8.55. The van der Waals surface area contributed by atoms with Crippen LogP contribution in [0.1, 0.15) is 19.4 Å². The van der Waals surface area contributed by atoms with E-state index in [9.17, 15) is 9.59 Å². The number of carbonyl (C=O) groups excluding carboxylic acids is 2. The molecule has 0 saturated carbocycles. The van der Waals surface area contributed by atoms with E-state index >= 15 is 0 Å². The van der Waals surface area contributed by atoms with Crippen molar-refractivity contribution >= 4 is 23.6 Å². The number of amides is 1. The smallest absolute Gasteiger partial charge is 0.328 e. The monoisotopic (exact) mass is 343 g/mol. The first-order chi connectivity index (χ1) is 11.6. The topological polar surface area (TPSA) is 55.4 Å². The molecule has 0 unspecified atom stereocenters. The number of ether oxygens (including phenoxy) is 1. The lowest BCUT2D eigenvalue weighted by molar-refractivity contribution is -0.146. The van der Waals surface area contributed by atoms with E-state index in [-0.39, 0.29) is 25.0 Å². The lowest BCUT2D eigenvalue weighted by atomic mass is 9.98. The summed E-state index contributed by atoms with van der Waals surface area (Å²) in [5.74, 6) is -0.549. The molecular formula is C19H21NO3S. The van der Waals surface area contributed by atoms with E-state index in [2.05, 4.69) is 5.32 Å². The fourth-order valence-electron chi connectivity index (χ4n) is 2.32. The second-order valence-electron chi connectivity index (χ2n) is 5.24. The van der Waals surface area contributed by atoms with Gasteiger partial charge in [0.2, 0.25) is 5.91 Å². The minimum absolute atomic E-state index is 0.157. The molecule has 0 aromatic heterocycles. The Labute approximate surface area is 146 Å². The van der Waals surface area contributed by atoms with Gasteiger partial charge in [-0.3, -0.25) is 9.59 Å². The molecule has 0 fully saturated rings. The van der Waals surface area contributed by atoms with E-state index in [1.54, 1.807) is 6.92 Å². The van der Waals surface area contributed by atoms with E-state index in [1.165, 1.54) is 18.7 Å². The van der Waals surface area contributed by atoms with Gasteiger partial charge in [-0.05, 0) is 24.6 Å². The third-order valence-electron chi connectivity index (χ3n) is 3.47. The highest BCUT2D eigenvalue weighted by molar-refractivity contribution is 8.01. The van der Waals surface area contributed by atoms with Crippen LogP contribution in [0.5, 0.6) is 0 Å². The summed E-state index contributed by atoms with van der Waals surface area (Å²) in [4.78, 5) is 25.3. The van der Waals surface area contributed by atoms with E-state index in [0.717, 1.165) is 10.5 Å². The van der Waals surface area contributed by atoms with Gasteiger partial charge in [0, 0.05) is 18.4 Å². The molecule has 24 heavy (non-hydrogen) atoms. The third-order valence-corrected chi connectivity index (χ3v) is 4.87. The maximum Gasteiger partial charge on any atom is 0.328 e. The Morgan fingerprint density at radius 1 is 1.04 bits per heavy atom. The molecule has 5 heteroatoms. The van der Waals surface area contributed by atoms with Gasteiger partial charge in [0.1, 0.15) is 0 Å². The Balaban J connectivity index is 2.49. The molecule has 2 aromatic rings. The first kappa shape index (κ1) is 18.1. The van der Waals surface area contributed by atoms with Crippen molar-refractivity contribution in [1.82, 2.24) is 5.32 Å². The molecule has 0 spiro atoms. The van der Waals surface area contributed by atoms with Gasteiger partial charge in [0.05, 0.1) is 6.61 Å². The summed E-state index contributed by atoms with van der Waals surface area (Å²) >= 11 is 1.39. The van der Waals surface area contributed by atoms with Crippen molar-refractivity contribution in [3.8, 4) is 0 Å². The molecule has 1 N–H and O–H groups in total. The van der Waals surface area contributed by atoms with Crippen LogP contribution in [0.25, 0.3) is 0 Å². The Morgan fingerprint density at radius 2 is 1.62 bits per heavy atom. The fourth-order valence-corrected chi connectivity index (χ4v) is 3.56. The number of rotatable bonds is 7. The molecule has 1 atom stereocenters. The van der Waals surface area contributed by atoms with Gasteiger partial charge in [-0.15, -0.1) is 11.8 Å². The molecule has 0 saturated heterocycles. The molecule has 0 aliphatic rings. The molecule has 126 valence electrons. The van der Waals surface area contributed by atoms with Crippen molar-refractivity contribution in [3.05, 3.63) is 66.2 Å². The number of thioether (sulfide) groups is 1. The first-order valence-electron chi connectivity index (χ1n) is 7.79. The number of carbonyl (C=O) groups is 2. The van der Waals surface area contributed by atoms with Crippen LogP contribution in [0.15, 0.2) is 65.6 Å². The van der Waals surface area contributed by atoms with Gasteiger partial charge in [-0.2, -0.15) is 0 Å². The van der Waals surface area contributed by atoms with Crippen molar-refractivity contribution < 1.29 is 14.3 Å². The van der Waals surface area contributed by atoms with E-state index in [4.69, 9.17) is 4.74 Å². The number of esters is 1. The molecule has 4 nitrogen and oxygen atoms in total. The van der Waals surface area contributed by atoms with E-state index in [0.29, 0.717) is 0 Å². The molecule has 1 amide bonds. The van der Waals surface area contributed by atoms with Crippen LogP contribution in [0.2, 0.25) is 0 Å². The lowest BCUT2D eigenvalue weighted by Crippen LogP contribution is -2.44. The fraction of sp³-hybridized carbons (Fsp3) is 0.263. The summed E-state index contributed by atoms with van der Waals surface area (Å²) in [5.41, 5.74) is 0.797. The number of hydrogen-bond acceptors (Lipinski definition) is 4. The molecular weight excluding hydrogens is 322 g/mol. The first-order valence-corrected chi connectivity index (χ1v) is 8.61. The quantitative estimate of drug-likeness (QED) is 0.618. The Hall–Kier alpha value is -2.27. The van der Waals surface area contributed by atoms with Gasteiger partial charge >= 0.3 is 5.97 Å². The van der Waals surface area contributed by atoms with Crippen LogP contribution in [-0.2, 0) is 19.1 Å². The Morgan fingerprint density at radius 3 is 2.17 bits per heavy atom. The van der Waals surface area contributed by atoms with Gasteiger partial charge in [0.15, 0.2) is 4.75 Å². The minimum atomic E-state index is -1.04. The molecule has 2 rings (SSSR count). The summed E-state index contributed by atoms with van der Waals surface area (Å²) in [5, 5.41) is 2.78. The third kappa shape index (κ3) is 4.38. The average Bonchev–Trinajstić information content (AvgIpc) is 2.60. The summed E-state index contributed by atoms with van der Waals surface area (Å²) < 4.78 is 4.32. The minimum Gasteiger partial charge on any atom is -0.465 e.